The topological polar surface area (TPSA) is 158 Å². The van der Waals surface area contributed by atoms with Crippen molar-refractivity contribution in [2.45, 2.75) is 39.0 Å². The number of rotatable bonds is 13. The molecule has 0 spiro atoms. The van der Waals surface area contributed by atoms with E-state index in [1.54, 1.807) is 45.1 Å². The lowest BCUT2D eigenvalue weighted by Gasteiger charge is -2.31. The molecule has 0 fully saturated rings. The number of esters is 2. The molecular weight excluding hydrogens is 546 g/mol. The van der Waals surface area contributed by atoms with Crippen LogP contribution in [-0.2, 0) is 19.1 Å². The van der Waals surface area contributed by atoms with Crippen LogP contribution in [0.5, 0.6) is 11.5 Å². The first-order chi connectivity index (χ1) is 20.1. The highest BCUT2D eigenvalue weighted by Crippen LogP contribution is 2.44. The Morgan fingerprint density at radius 3 is 2.24 bits per heavy atom. The van der Waals surface area contributed by atoms with Crippen LogP contribution in [-0.4, -0.2) is 61.7 Å². The minimum Gasteiger partial charge on any atom is -0.491 e. The molecule has 12 nitrogen and oxygen atoms in total. The second kappa shape index (κ2) is 14.8. The maximum atomic E-state index is 13.0. The van der Waals surface area contributed by atoms with Gasteiger partial charge in [-0.1, -0.05) is 24.3 Å². The monoisotopic (exact) mass is 581 g/mol. The first-order valence-corrected chi connectivity index (χ1v) is 13.1. The molecule has 0 radical (unpaired) electrons. The number of hydrogen-bond donors (Lipinski definition) is 3. The van der Waals surface area contributed by atoms with Gasteiger partial charge in [-0.3, -0.25) is 15.4 Å². The molecule has 2 aromatic carbocycles. The summed E-state index contributed by atoms with van der Waals surface area (Å²) in [4.78, 5) is 37.2. The summed E-state index contributed by atoms with van der Waals surface area (Å²) in [6, 6.07) is 13.0. The maximum Gasteiger partial charge on any atom is 0.336 e. The second-order valence-electron chi connectivity index (χ2n) is 9.35. The molecule has 42 heavy (non-hydrogen) atoms. The van der Waals surface area contributed by atoms with Crippen LogP contribution >= 0.6 is 0 Å². The quantitative estimate of drug-likeness (QED) is 0.105. The number of nitro groups is 1. The Hall–Kier alpha value is -4.68. The van der Waals surface area contributed by atoms with E-state index >= 15 is 0 Å². The average Bonchev–Trinajstić information content (AvgIpc) is 2.98. The summed E-state index contributed by atoms with van der Waals surface area (Å²) in [5.41, 5.74) is 0.840. The average molecular weight is 582 g/mol. The summed E-state index contributed by atoms with van der Waals surface area (Å²) >= 11 is 0. The summed E-state index contributed by atoms with van der Waals surface area (Å²) in [6.45, 7) is 5.15. The van der Waals surface area contributed by atoms with Crippen LogP contribution in [0, 0.1) is 10.1 Å². The molecule has 0 aliphatic carbocycles. The number of nitrogens with zero attached hydrogens (tertiary/aromatic N) is 1. The van der Waals surface area contributed by atoms with E-state index in [0.29, 0.717) is 17.1 Å². The number of aliphatic hydroxyl groups is 1. The highest BCUT2D eigenvalue weighted by Gasteiger charge is 2.40. The van der Waals surface area contributed by atoms with Gasteiger partial charge in [0.1, 0.15) is 24.2 Å². The van der Waals surface area contributed by atoms with Crippen LogP contribution in [0.25, 0.3) is 0 Å². The minimum absolute atomic E-state index is 0.0244. The van der Waals surface area contributed by atoms with E-state index in [9.17, 15) is 24.8 Å². The number of nitro benzene ring substituents is 1. The zero-order valence-corrected chi connectivity index (χ0v) is 24.1. The van der Waals surface area contributed by atoms with Gasteiger partial charge in [-0.2, -0.15) is 0 Å². The molecule has 1 heterocycles. The van der Waals surface area contributed by atoms with Gasteiger partial charge in [-0.25, -0.2) is 9.59 Å². The molecule has 0 saturated carbocycles. The van der Waals surface area contributed by atoms with Crippen LogP contribution in [0.2, 0.25) is 0 Å². The molecule has 3 N–H and O–H groups in total. The van der Waals surface area contributed by atoms with Crippen molar-refractivity contribution in [3.8, 4) is 11.5 Å². The number of nitrogens with one attached hydrogen (secondary N) is 2. The van der Waals surface area contributed by atoms with Gasteiger partial charge in [-0.15, -0.1) is 0 Å². The van der Waals surface area contributed by atoms with Crippen LogP contribution in [0.4, 0.5) is 5.69 Å². The van der Waals surface area contributed by atoms with Gasteiger partial charge in [0, 0.05) is 35.6 Å². The standard InChI is InChI=1S/C30H35N3O9/c1-6-10-25(31-16-21(34)17-41-22-11-8-7-9-12-22)42-24-14-13-20(33(37)38)15-23(24)28-26(29(35)39-4)18(2)32-19(3)27(28)30(36)40-5/h6-15,21,25,28,31-32,34H,16-17H2,1-5H3/b10-6-. The fourth-order valence-corrected chi connectivity index (χ4v) is 4.53. The highest BCUT2D eigenvalue weighted by atomic mass is 16.6. The Bertz CT molecular complexity index is 1350. The Morgan fingerprint density at radius 2 is 1.69 bits per heavy atom. The molecule has 0 amide bonds. The molecule has 3 rings (SSSR count). The number of para-hydroxylation sites is 1. The van der Waals surface area contributed by atoms with Crippen molar-refractivity contribution in [2.75, 3.05) is 27.4 Å². The zero-order chi connectivity index (χ0) is 30.8. The number of aliphatic hydroxyl groups excluding tert-OH is 1. The number of hydrogen-bond acceptors (Lipinski definition) is 11. The van der Waals surface area contributed by atoms with Gasteiger partial charge in [0.25, 0.3) is 5.69 Å². The van der Waals surface area contributed by atoms with Gasteiger partial charge >= 0.3 is 11.9 Å². The third-order valence-electron chi connectivity index (χ3n) is 6.45. The Kier molecular flexibility index (Phi) is 11.2. The second-order valence-corrected chi connectivity index (χ2v) is 9.35. The van der Waals surface area contributed by atoms with E-state index in [1.165, 1.54) is 32.4 Å². The molecule has 1 aliphatic rings. The predicted molar refractivity (Wildman–Crippen MR) is 154 cm³/mol. The molecule has 2 unspecified atom stereocenters. The number of benzene rings is 2. The summed E-state index contributed by atoms with van der Waals surface area (Å²) in [5, 5.41) is 28.3. The van der Waals surface area contributed by atoms with Gasteiger partial charge < -0.3 is 29.4 Å². The fraction of sp³-hybridized carbons (Fsp3) is 0.333. The number of carbonyl (C=O) groups is 2. The third kappa shape index (κ3) is 7.74. The van der Waals surface area contributed by atoms with Crippen LogP contribution in [0.1, 0.15) is 32.3 Å². The number of ether oxygens (including phenoxy) is 4. The molecule has 12 heteroatoms. The fourth-order valence-electron chi connectivity index (χ4n) is 4.53. The van der Waals surface area contributed by atoms with Crippen molar-refractivity contribution in [3.05, 3.63) is 98.9 Å². The number of dihydropyridines is 1. The highest BCUT2D eigenvalue weighted by molar-refractivity contribution is 6.00. The molecular formula is C30H35N3O9. The molecule has 0 bridgehead atoms. The lowest BCUT2D eigenvalue weighted by atomic mass is 9.79. The number of allylic oxidation sites excluding steroid dienone is 3. The summed E-state index contributed by atoms with van der Waals surface area (Å²) in [5.74, 6) is -1.81. The molecule has 2 atom stereocenters. The van der Waals surface area contributed by atoms with E-state index in [2.05, 4.69) is 10.6 Å². The molecule has 1 aliphatic heterocycles. The van der Waals surface area contributed by atoms with Crippen molar-refractivity contribution in [1.29, 1.82) is 0 Å². The van der Waals surface area contributed by atoms with Gasteiger partial charge in [0.05, 0.1) is 36.2 Å². The van der Waals surface area contributed by atoms with E-state index < -0.39 is 35.1 Å². The van der Waals surface area contributed by atoms with Crippen molar-refractivity contribution in [1.82, 2.24) is 10.6 Å². The van der Waals surface area contributed by atoms with Crippen LogP contribution in [0.15, 0.2) is 83.2 Å². The minimum atomic E-state index is -1.11. The van der Waals surface area contributed by atoms with E-state index in [1.807, 2.05) is 18.2 Å². The number of non-ortho nitro benzene ring substituents is 1. The summed E-state index contributed by atoms with van der Waals surface area (Å²) < 4.78 is 21.9. The normalized spacial score (nSPS) is 15.2. The van der Waals surface area contributed by atoms with Crippen molar-refractivity contribution >= 4 is 17.6 Å². The lowest BCUT2D eigenvalue weighted by molar-refractivity contribution is -0.385. The van der Waals surface area contributed by atoms with Gasteiger partial charge in [-0.05, 0) is 45.0 Å². The van der Waals surface area contributed by atoms with E-state index in [4.69, 9.17) is 18.9 Å². The Morgan fingerprint density at radius 1 is 1.07 bits per heavy atom. The van der Waals surface area contributed by atoms with E-state index in [0.717, 1.165) is 0 Å². The smallest absolute Gasteiger partial charge is 0.336 e. The first kappa shape index (κ1) is 31.8. The Labute approximate surface area is 243 Å². The predicted octanol–water partition coefficient (Wildman–Crippen LogP) is 3.49. The molecule has 0 saturated heterocycles. The molecule has 224 valence electrons. The van der Waals surface area contributed by atoms with Crippen LogP contribution < -0.4 is 20.1 Å². The first-order valence-electron chi connectivity index (χ1n) is 13.1. The SMILES string of the molecule is C/C=C\C(NCC(O)COc1ccccc1)Oc1ccc([N+](=O)[O-])cc1C1C(C(=O)OC)=C(C)NC(C)=C1C(=O)OC. The summed E-state index contributed by atoms with van der Waals surface area (Å²) in [6.07, 6.45) is 1.72. The number of methoxy groups -OCH3 is 2. The number of carbonyl (C=O) groups excluding carboxylic acids is 2. The lowest BCUT2D eigenvalue weighted by Crippen LogP contribution is -2.40. The van der Waals surface area contributed by atoms with Gasteiger partial charge in [0.15, 0.2) is 6.23 Å². The van der Waals surface area contributed by atoms with E-state index in [-0.39, 0.29) is 41.3 Å². The van der Waals surface area contributed by atoms with Crippen molar-refractivity contribution < 1.29 is 38.6 Å². The molecule has 0 aromatic heterocycles. The maximum absolute atomic E-state index is 13.0. The zero-order valence-electron chi connectivity index (χ0n) is 24.1. The van der Waals surface area contributed by atoms with Crippen molar-refractivity contribution in [2.24, 2.45) is 0 Å². The van der Waals surface area contributed by atoms with Crippen LogP contribution in [0.3, 0.4) is 0 Å². The van der Waals surface area contributed by atoms with Crippen molar-refractivity contribution in [3.63, 3.8) is 0 Å². The molecule has 2 aromatic rings. The third-order valence-corrected chi connectivity index (χ3v) is 6.45. The Balaban J connectivity index is 1.99. The van der Waals surface area contributed by atoms with Gasteiger partial charge in [0.2, 0.25) is 0 Å². The summed E-state index contributed by atoms with van der Waals surface area (Å²) in [7, 11) is 2.40. The largest absolute Gasteiger partial charge is 0.491 e.